The van der Waals surface area contributed by atoms with Crippen LogP contribution in [0, 0.1) is 0 Å². The Morgan fingerprint density at radius 1 is 1.42 bits per heavy atom. The summed E-state index contributed by atoms with van der Waals surface area (Å²) in [6.07, 6.45) is 2.75. The minimum absolute atomic E-state index is 0.214. The average Bonchev–Trinajstić information content (AvgIpc) is 2.93. The summed E-state index contributed by atoms with van der Waals surface area (Å²) >= 11 is 5.95. The van der Waals surface area contributed by atoms with Crippen molar-refractivity contribution in [1.29, 1.82) is 0 Å². The molecular weight excluding hydrogens is 264 g/mol. The lowest BCUT2D eigenvalue weighted by atomic mass is 10.2. The van der Waals surface area contributed by atoms with E-state index in [0.29, 0.717) is 18.0 Å². The number of carbonyl (C=O) groups is 1. The Kier molecular flexibility index (Phi) is 4.91. The molecule has 1 fully saturated rings. The number of benzene rings is 1. The van der Waals surface area contributed by atoms with E-state index in [0.717, 1.165) is 37.4 Å². The van der Waals surface area contributed by atoms with Crippen molar-refractivity contribution in [3.63, 3.8) is 0 Å². The molecular formula is C14H19ClN2O2. The van der Waals surface area contributed by atoms with Crippen LogP contribution in [0.15, 0.2) is 18.2 Å². The van der Waals surface area contributed by atoms with Crippen molar-refractivity contribution in [2.75, 3.05) is 32.1 Å². The standard InChI is InChI=1S/C14H19ClN2O2/c1-19-13-5-4-11(15)10-12(13)16-7-6-14(18)17-8-2-3-9-17/h4-5,10,16H,2-3,6-9H2,1H3. The maximum absolute atomic E-state index is 11.9. The number of hydrogen-bond acceptors (Lipinski definition) is 3. The normalized spacial score (nSPS) is 14.5. The Morgan fingerprint density at radius 2 is 2.16 bits per heavy atom. The van der Waals surface area contributed by atoms with Crippen LogP contribution in [0.4, 0.5) is 5.69 Å². The first-order chi connectivity index (χ1) is 9.20. The van der Waals surface area contributed by atoms with Gasteiger partial charge >= 0.3 is 0 Å². The summed E-state index contributed by atoms with van der Waals surface area (Å²) in [5.41, 5.74) is 0.823. The van der Waals surface area contributed by atoms with Crippen LogP contribution in [0.3, 0.4) is 0 Å². The second-order valence-corrected chi connectivity index (χ2v) is 5.05. The van der Waals surface area contributed by atoms with Crippen molar-refractivity contribution in [2.24, 2.45) is 0 Å². The highest BCUT2D eigenvalue weighted by molar-refractivity contribution is 6.30. The third-order valence-corrected chi connectivity index (χ3v) is 3.51. The number of hydrogen-bond donors (Lipinski definition) is 1. The molecule has 0 aromatic heterocycles. The first kappa shape index (κ1) is 14.0. The summed E-state index contributed by atoms with van der Waals surface area (Å²) in [5, 5.41) is 3.85. The number of methoxy groups -OCH3 is 1. The molecule has 1 aromatic carbocycles. The topological polar surface area (TPSA) is 41.6 Å². The van der Waals surface area contributed by atoms with Crippen LogP contribution < -0.4 is 10.1 Å². The van der Waals surface area contributed by atoms with Crippen LogP contribution in [-0.2, 0) is 4.79 Å². The molecule has 1 N–H and O–H groups in total. The van der Waals surface area contributed by atoms with E-state index >= 15 is 0 Å². The Morgan fingerprint density at radius 3 is 2.84 bits per heavy atom. The molecule has 4 nitrogen and oxygen atoms in total. The quantitative estimate of drug-likeness (QED) is 0.903. The van der Waals surface area contributed by atoms with Gasteiger partial charge in [-0.1, -0.05) is 11.6 Å². The smallest absolute Gasteiger partial charge is 0.224 e. The van der Waals surface area contributed by atoms with Gasteiger partial charge in [0.15, 0.2) is 0 Å². The number of likely N-dealkylation sites (tertiary alicyclic amines) is 1. The Bertz CT molecular complexity index is 445. The molecule has 19 heavy (non-hydrogen) atoms. The molecule has 1 aliphatic rings. The highest BCUT2D eigenvalue weighted by atomic mass is 35.5. The fourth-order valence-electron chi connectivity index (χ4n) is 2.25. The first-order valence-electron chi connectivity index (χ1n) is 6.56. The van der Waals surface area contributed by atoms with E-state index in [-0.39, 0.29) is 5.91 Å². The molecule has 5 heteroatoms. The van der Waals surface area contributed by atoms with Gasteiger partial charge in [-0.3, -0.25) is 4.79 Å². The molecule has 104 valence electrons. The Labute approximate surface area is 118 Å². The van der Waals surface area contributed by atoms with Crippen molar-refractivity contribution in [1.82, 2.24) is 4.90 Å². The largest absolute Gasteiger partial charge is 0.495 e. The molecule has 2 rings (SSSR count). The molecule has 0 saturated carbocycles. The van der Waals surface area contributed by atoms with E-state index in [2.05, 4.69) is 5.32 Å². The fraction of sp³-hybridized carbons (Fsp3) is 0.500. The number of amides is 1. The lowest BCUT2D eigenvalue weighted by molar-refractivity contribution is -0.129. The second-order valence-electron chi connectivity index (χ2n) is 4.61. The molecule has 1 heterocycles. The zero-order valence-electron chi connectivity index (χ0n) is 11.1. The number of nitrogens with zero attached hydrogens (tertiary/aromatic N) is 1. The van der Waals surface area contributed by atoms with Gasteiger partial charge in [0, 0.05) is 31.1 Å². The summed E-state index contributed by atoms with van der Waals surface area (Å²) in [6.45, 7) is 2.39. The lowest BCUT2D eigenvalue weighted by Crippen LogP contribution is -2.29. The van der Waals surface area contributed by atoms with Gasteiger partial charge < -0.3 is 15.0 Å². The van der Waals surface area contributed by atoms with Gasteiger partial charge in [0.2, 0.25) is 5.91 Å². The predicted molar refractivity (Wildman–Crippen MR) is 76.9 cm³/mol. The number of ether oxygens (including phenoxy) is 1. The van der Waals surface area contributed by atoms with Crippen LogP contribution in [0.2, 0.25) is 5.02 Å². The van der Waals surface area contributed by atoms with Crippen LogP contribution in [0.25, 0.3) is 0 Å². The Balaban J connectivity index is 1.84. The van der Waals surface area contributed by atoms with Crippen LogP contribution in [0.1, 0.15) is 19.3 Å². The average molecular weight is 283 g/mol. The third-order valence-electron chi connectivity index (χ3n) is 3.27. The highest BCUT2D eigenvalue weighted by Gasteiger charge is 2.17. The van der Waals surface area contributed by atoms with Crippen LogP contribution in [0.5, 0.6) is 5.75 Å². The van der Waals surface area contributed by atoms with E-state index in [9.17, 15) is 4.79 Å². The summed E-state index contributed by atoms with van der Waals surface area (Å²) in [6, 6.07) is 5.40. The molecule has 0 unspecified atom stereocenters. The molecule has 0 atom stereocenters. The predicted octanol–water partition coefficient (Wildman–Crippen LogP) is 2.77. The van der Waals surface area contributed by atoms with Crippen molar-refractivity contribution < 1.29 is 9.53 Å². The molecule has 1 aromatic rings. The first-order valence-corrected chi connectivity index (χ1v) is 6.93. The summed E-state index contributed by atoms with van der Waals surface area (Å²) < 4.78 is 5.24. The molecule has 1 aliphatic heterocycles. The zero-order valence-corrected chi connectivity index (χ0v) is 11.9. The molecule has 1 amide bonds. The number of halogens is 1. The monoisotopic (exact) mass is 282 g/mol. The van der Waals surface area contributed by atoms with E-state index in [4.69, 9.17) is 16.3 Å². The summed E-state index contributed by atoms with van der Waals surface area (Å²) in [4.78, 5) is 13.8. The maximum Gasteiger partial charge on any atom is 0.224 e. The number of nitrogens with one attached hydrogen (secondary N) is 1. The van der Waals surface area contributed by atoms with E-state index in [1.165, 1.54) is 0 Å². The second kappa shape index (κ2) is 6.66. The van der Waals surface area contributed by atoms with E-state index < -0.39 is 0 Å². The van der Waals surface area contributed by atoms with Gasteiger partial charge in [0.1, 0.15) is 5.75 Å². The van der Waals surface area contributed by atoms with Gasteiger partial charge in [0.25, 0.3) is 0 Å². The third kappa shape index (κ3) is 3.77. The zero-order chi connectivity index (χ0) is 13.7. The minimum Gasteiger partial charge on any atom is -0.495 e. The van der Waals surface area contributed by atoms with E-state index in [1.807, 2.05) is 11.0 Å². The SMILES string of the molecule is COc1ccc(Cl)cc1NCCC(=O)N1CCCC1. The van der Waals surface area contributed by atoms with Crippen LogP contribution >= 0.6 is 11.6 Å². The molecule has 0 aliphatic carbocycles. The van der Waals surface area contributed by atoms with Crippen molar-refractivity contribution in [3.8, 4) is 5.75 Å². The maximum atomic E-state index is 11.9. The van der Waals surface area contributed by atoms with Gasteiger partial charge in [0.05, 0.1) is 12.8 Å². The number of rotatable bonds is 5. The number of carbonyl (C=O) groups excluding carboxylic acids is 1. The van der Waals surface area contributed by atoms with Crippen LogP contribution in [-0.4, -0.2) is 37.6 Å². The fourth-order valence-corrected chi connectivity index (χ4v) is 2.42. The molecule has 0 bridgehead atoms. The summed E-state index contributed by atoms with van der Waals surface area (Å²) in [7, 11) is 1.61. The number of anilines is 1. The van der Waals surface area contributed by atoms with Crippen molar-refractivity contribution in [2.45, 2.75) is 19.3 Å². The molecule has 0 spiro atoms. The lowest BCUT2D eigenvalue weighted by Gasteiger charge is -2.16. The van der Waals surface area contributed by atoms with Crippen molar-refractivity contribution >= 4 is 23.2 Å². The van der Waals surface area contributed by atoms with Gasteiger partial charge in [-0.25, -0.2) is 0 Å². The van der Waals surface area contributed by atoms with E-state index in [1.54, 1.807) is 19.2 Å². The molecule has 1 saturated heterocycles. The molecule has 0 radical (unpaired) electrons. The van der Waals surface area contributed by atoms with Gasteiger partial charge in [-0.15, -0.1) is 0 Å². The minimum atomic E-state index is 0.214. The summed E-state index contributed by atoms with van der Waals surface area (Å²) in [5.74, 6) is 0.948. The van der Waals surface area contributed by atoms with Crippen molar-refractivity contribution in [3.05, 3.63) is 23.2 Å². The Hall–Kier alpha value is -1.42. The van der Waals surface area contributed by atoms with Gasteiger partial charge in [-0.2, -0.15) is 0 Å². The van der Waals surface area contributed by atoms with Gasteiger partial charge in [-0.05, 0) is 31.0 Å². The highest BCUT2D eigenvalue weighted by Crippen LogP contribution is 2.27.